The van der Waals surface area contributed by atoms with E-state index in [0.29, 0.717) is 23.5 Å². The molecule has 150 valence electrons. The lowest BCUT2D eigenvalue weighted by Gasteiger charge is -2.17. The Labute approximate surface area is 169 Å². The normalized spacial score (nSPS) is 15.7. The molecule has 0 bridgehead atoms. The van der Waals surface area contributed by atoms with Gasteiger partial charge in [0.15, 0.2) is 0 Å². The van der Waals surface area contributed by atoms with Crippen molar-refractivity contribution < 1.29 is 19.1 Å². The Kier molecular flexibility index (Phi) is 6.29. The lowest BCUT2D eigenvalue weighted by molar-refractivity contribution is -0.122. The Balaban J connectivity index is 1.70. The van der Waals surface area contributed by atoms with Gasteiger partial charge in [-0.1, -0.05) is 18.2 Å². The molecule has 2 aromatic carbocycles. The molecule has 1 saturated heterocycles. The van der Waals surface area contributed by atoms with Crippen LogP contribution in [0.2, 0.25) is 0 Å². The number of carbonyl (C=O) groups excluding carboxylic acids is 3. The van der Waals surface area contributed by atoms with Gasteiger partial charge < -0.3 is 20.3 Å². The summed E-state index contributed by atoms with van der Waals surface area (Å²) in [7, 11) is 1.58. The van der Waals surface area contributed by atoms with E-state index >= 15 is 0 Å². The first kappa shape index (κ1) is 20.1. The van der Waals surface area contributed by atoms with Gasteiger partial charge in [0.1, 0.15) is 5.75 Å². The van der Waals surface area contributed by atoms with Crippen LogP contribution in [0.25, 0.3) is 0 Å². The third-order valence-electron chi connectivity index (χ3n) is 4.72. The Hall–Kier alpha value is -3.61. The molecule has 1 fully saturated rings. The summed E-state index contributed by atoms with van der Waals surface area (Å²) in [6, 6.07) is 13.9. The molecular weight excluding hydrogens is 370 g/mol. The molecule has 2 N–H and O–H groups in total. The van der Waals surface area contributed by atoms with Crippen LogP contribution in [-0.4, -0.2) is 37.9 Å². The number of hydrogen-bond acceptors (Lipinski definition) is 4. The molecule has 7 heteroatoms. The van der Waals surface area contributed by atoms with Gasteiger partial charge in [-0.05, 0) is 36.4 Å². The van der Waals surface area contributed by atoms with Crippen LogP contribution >= 0.6 is 0 Å². The summed E-state index contributed by atoms with van der Waals surface area (Å²) in [5, 5.41) is 5.49. The first-order valence-electron chi connectivity index (χ1n) is 9.27. The van der Waals surface area contributed by atoms with Gasteiger partial charge in [0.25, 0.3) is 5.91 Å². The molecule has 0 spiro atoms. The monoisotopic (exact) mass is 393 g/mol. The number of nitrogens with one attached hydrogen (secondary N) is 2. The first-order valence-corrected chi connectivity index (χ1v) is 9.27. The number of para-hydroxylation sites is 1. The van der Waals surface area contributed by atoms with Crippen molar-refractivity contribution in [2.45, 2.75) is 6.42 Å². The van der Waals surface area contributed by atoms with Crippen molar-refractivity contribution in [3.05, 3.63) is 66.7 Å². The van der Waals surface area contributed by atoms with E-state index in [1.54, 1.807) is 66.6 Å². The van der Waals surface area contributed by atoms with Crippen molar-refractivity contribution in [1.82, 2.24) is 5.32 Å². The fraction of sp³-hybridized carbons (Fsp3) is 0.227. The van der Waals surface area contributed by atoms with E-state index in [-0.39, 0.29) is 30.7 Å². The average Bonchev–Trinajstić information content (AvgIpc) is 3.14. The third kappa shape index (κ3) is 4.63. The maximum absolute atomic E-state index is 12.8. The number of rotatable bonds is 7. The van der Waals surface area contributed by atoms with E-state index < -0.39 is 5.92 Å². The van der Waals surface area contributed by atoms with Crippen LogP contribution in [0.15, 0.2) is 61.2 Å². The number of carbonyl (C=O) groups is 3. The fourth-order valence-electron chi connectivity index (χ4n) is 3.18. The smallest absolute Gasteiger partial charge is 0.253 e. The van der Waals surface area contributed by atoms with Crippen LogP contribution in [0.3, 0.4) is 0 Å². The van der Waals surface area contributed by atoms with Gasteiger partial charge in [0.05, 0.1) is 24.3 Å². The molecule has 0 saturated carbocycles. The van der Waals surface area contributed by atoms with Crippen LogP contribution in [-0.2, 0) is 9.59 Å². The molecule has 3 amide bonds. The van der Waals surface area contributed by atoms with Crippen LogP contribution < -0.4 is 20.3 Å². The second-order valence-corrected chi connectivity index (χ2v) is 6.64. The topological polar surface area (TPSA) is 87.7 Å². The zero-order chi connectivity index (χ0) is 20.8. The number of methoxy groups -OCH3 is 1. The molecule has 2 aromatic rings. The molecule has 3 rings (SSSR count). The van der Waals surface area contributed by atoms with E-state index in [1.807, 2.05) is 0 Å². The van der Waals surface area contributed by atoms with E-state index in [9.17, 15) is 14.4 Å². The van der Waals surface area contributed by atoms with Gasteiger partial charge in [-0.3, -0.25) is 14.4 Å². The van der Waals surface area contributed by atoms with Crippen molar-refractivity contribution in [3.8, 4) is 5.75 Å². The van der Waals surface area contributed by atoms with Crippen LogP contribution in [0.5, 0.6) is 5.75 Å². The Morgan fingerprint density at radius 1 is 1.21 bits per heavy atom. The fourth-order valence-corrected chi connectivity index (χ4v) is 3.18. The molecule has 1 aliphatic heterocycles. The molecular formula is C22H23N3O4. The lowest BCUT2D eigenvalue weighted by atomic mass is 10.1. The number of anilines is 2. The van der Waals surface area contributed by atoms with Crippen LogP contribution in [0.1, 0.15) is 16.8 Å². The second-order valence-electron chi connectivity index (χ2n) is 6.64. The summed E-state index contributed by atoms with van der Waals surface area (Å²) in [5.74, 6) is -0.524. The third-order valence-corrected chi connectivity index (χ3v) is 4.72. The molecule has 7 nitrogen and oxygen atoms in total. The summed E-state index contributed by atoms with van der Waals surface area (Å²) < 4.78 is 5.13. The molecule has 29 heavy (non-hydrogen) atoms. The number of ether oxygens (including phenoxy) is 1. The first-order chi connectivity index (χ1) is 14.0. The van der Waals surface area contributed by atoms with E-state index in [0.717, 1.165) is 5.69 Å². The van der Waals surface area contributed by atoms with Crippen molar-refractivity contribution in [2.75, 3.05) is 30.4 Å². The predicted octanol–water partition coefficient (Wildman–Crippen LogP) is 2.60. The van der Waals surface area contributed by atoms with E-state index in [4.69, 9.17) is 4.74 Å². The molecule has 0 aliphatic carbocycles. The van der Waals surface area contributed by atoms with E-state index in [1.165, 1.54) is 0 Å². The minimum absolute atomic E-state index is 0.114. The molecule has 0 aromatic heterocycles. The standard InChI is InChI=1S/C22H23N3O4/c1-3-12-23-22(28)18-6-4-5-7-19(18)24-21(27)15-13-20(26)25(14-15)16-8-10-17(29-2)11-9-16/h3-11,15H,1,12-14H2,2H3,(H,23,28)(H,24,27)/t15-/m0/s1. The number of hydrogen-bond donors (Lipinski definition) is 2. The zero-order valence-corrected chi connectivity index (χ0v) is 16.2. The molecule has 1 heterocycles. The number of amides is 3. The van der Waals surface area contributed by atoms with Gasteiger partial charge in [-0.2, -0.15) is 0 Å². The molecule has 1 atom stereocenters. The largest absolute Gasteiger partial charge is 0.497 e. The lowest BCUT2D eigenvalue weighted by Crippen LogP contribution is -2.29. The van der Waals surface area contributed by atoms with Crippen molar-refractivity contribution >= 4 is 29.1 Å². The van der Waals surface area contributed by atoms with Crippen molar-refractivity contribution in [1.29, 1.82) is 0 Å². The van der Waals surface area contributed by atoms with Crippen LogP contribution in [0, 0.1) is 5.92 Å². The molecule has 0 unspecified atom stereocenters. The second kappa shape index (κ2) is 9.05. The minimum atomic E-state index is -0.506. The average molecular weight is 393 g/mol. The summed E-state index contributed by atoms with van der Waals surface area (Å²) in [5.41, 5.74) is 1.49. The SMILES string of the molecule is C=CCNC(=O)c1ccccc1NC(=O)[C@H]1CC(=O)N(c2ccc(OC)cc2)C1. The quantitative estimate of drug-likeness (QED) is 0.708. The maximum atomic E-state index is 12.8. The minimum Gasteiger partial charge on any atom is -0.497 e. The number of benzene rings is 2. The van der Waals surface area contributed by atoms with Gasteiger partial charge in [0.2, 0.25) is 11.8 Å². The Bertz CT molecular complexity index is 924. The summed E-state index contributed by atoms with van der Waals surface area (Å²) in [6.45, 7) is 4.18. The van der Waals surface area contributed by atoms with Gasteiger partial charge >= 0.3 is 0 Å². The Morgan fingerprint density at radius 2 is 1.93 bits per heavy atom. The summed E-state index contributed by atoms with van der Waals surface area (Å²) in [6.07, 6.45) is 1.69. The number of nitrogens with zero attached hydrogens (tertiary/aromatic N) is 1. The maximum Gasteiger partial charge on any atom is 0.253 e. The highest BCUT2D eigenvalue weighted by atomic mass is 16.5. The summed E-state index contributed by atoms with van der Waals surface area (Å²) in [4.78, 5) is 39.1. The molecule has 0 radical (unpaired) electrons. The van der Waals surface area contributed by atoms with Gasteiger partial charge in [0, 0.05) is 25.2 Å². The molecule has 1 aliphatic rings. The van der Waals surface area contributed by atoms with Gasteiger partial charge in [-0.25, -0.2) is 0 Å². The van der Waals surface area contributed by atoms with Crippen molar-refractivity contribution in [2.24, 2.45) is 5.92 Å². The highest BCUT2D eigenvalue weighted by Crippen LogP contribution is 2.28. The van der Waals surface area contributed by atoms with E-state index in [2.05, 4.69) is 17.2 Å². The Morgan fingerprint density at radius 3 is 2.62 bits per heavy atom. The van der Waals surface area contributed by atoms with Gasteiger partial charge in [-0.15, -0.1) is 6.58 Å². The van der Waals surface area contributed by atoms with Crippen LogP contribution in [0.4, 0.5) is 11.4 Å². The predicted molar refractivity (Wildman–Crippen MR) is 111 cm³/mol. The zero-order valence-electron chi connectivity index (χ0n) is 16.2. The summed E-state index contributed by atoms with van der Waals surface area (Å²) >= 11 is 0. The highest BCUT2D eigenvalue weighted by molar-refractivity contribution is 6.07. The highest BCUT2D eigenvalue weighted by Gasteiger charge is 2.35. The van der Waals surface area contributed by atoms with Crippen molar-refractivity contribution in [3.63, 3.8) is 0 Å².